The molecule has 98 valence electrons. The lowest BCUT2D eigenvalue weighted by molar-refractivity contribution is -0.123. The number of carbonyl (C=O) groups excluding carboxylic acids is 2. The molecule has 1 aromatic carbocycles. The number of rotatable bonds is 2. The molecule has 0 fully saturated rings. The summed E-state index contributed by atoms with van der Waals surface area (Å²) in [4.78, 5) is 22.7. The number of carbonyl (C=O) groups is 2. The third kappa shape index (κ3) is 3.12. The fraction of sp³-hybridized carbons (Fsp3) is 0.385. The van der Waals surface area contributed by atoms with Gasteiger partial charge in [-0.3, -0.25) is 9.59 Å². The molecule has 0 bridgehead atoms. The summed E-state index contributed by atoms with van der Waals surface area (Å²) >= 11 is 0. The van der Waals surface area contributed by atoms with Crippen LogP contribution < -0.4 is 5.32 Å². The summed E-state index contributed by atoms with van der Waals surface area (Å²) in [7, 11) is 0. The maximum Gasteiger partial charge on any atom is 0.229 e. The van der Waals surface area contributed by atoms with Crippen molar-refractivity contribution in [1.82, 2.24) is 0 Å². The van der Waals surface area contributed by atoms with Gasteiger partial charge >= 0.3 is 0 Å². The van der Waals surface area contributed by atoms with Crippen LogP contribution in [0.5, 0.6) is 0 Å². The van der Waals surface area contributed by atoms with Crippen molar-refractivity contribution in [2.75, 3.05) is 5.32 Å². The molecule has 18 heavy (non-hydrogen) atoms. The molecule has 1 N–H and O–H groups in total. The van der Waals surface area contributed by atoms with E-state index in [4.69, 9.17) is 0 Å². The Bertz CT molecular complexity index is 481. The zero-order chi connectivity index (χ0) is 14.1. The molecule has 0 aliphatic carbocycles. The summed E-state index contributed by atoms with van der Waals surface area (Å²) in [5.41, 5.74) is -1.36. The van der Waals surface area contributed by atoms with Gasteiger partial charge in [0.25, 0.3) is 0 Å². The van der Waals surface area contributed by atoms with Gasteiger partial charge in [-0.2, -0.15) is 0 Å². The van der Waals surface area contributed by atoms with Crippen LogP contribution in [0.15, 0.2) is 12.1 Å². The fourth-order valence-electron chi connectivity index (χ4n) is 1.20. The number of amides is 1. The van der Waals surface area contributed by atoms with Gasteiger partial charge in [-0.15, -0.1) is 0 Å². The molecule has 0 aromatic heterocycles. The monoisotopic (exact) mass is 255 g/mol. The lowest BCUT2D eigenvalue weighted by atomic mass is 9.95. The van der Waals surface area contributed by atoms with E-state index in [9.17, 15) is 18.4 Å². The van der Waals surface area contributed by atoms with Gasteiger partial charge in [-0.25, -0.2) is 8.78 Å². The predicted octanol–water partition coefficient (Wildman–Crippen LogP) is 3.15. The molecule has 5 heteroatoms. The Morgan fingerprint density at radius 2 is 1.56 bits per heavy atom. The summed E-state index contributed by atoms with van der Waals surface area (Å²) in [5.74, 6) is -2.87. The molecule has 0 aliphatic heterocycles. The van der Waals surface area contributed by atoms with Crippen molar-refractivity contribution >= 4 is 17.4 Å². The molecule has 0 unspecified atom stereocenters. The normalized spacial score (nSPS) is 11.2. The van der Waals surface area contributed by atoms with Crippen molar-refractivity contribution in [3.63, 3.8) is 0 Å². The molecular formula is C13H15F2NO2. The van der Waals surface area contributed by atoms with Gasteiger partial charge < -0.3 is 5.32 Å². The van der Waals surface area contributed by atoms with Crippen LogP contribution in [0.25, 0.3) is 0 Å². The van der Waals surface area contributed by atoms with Gasteiger partial charge in [-0.05, 0) is 19.1 Å². The lowest BCUT2D eigenvalue weighted by Gasteiger charge is -2.18. The molecule has 0 spiro atoms. The van der Waals surface area contributed by atoms with Crippen LogP contribution in [0.1, 0.15) is 38.1 Å². The first-order chi connectivity index (χ1) is 8.12. The van der Waals surface area contributed by atoms with E-state index in [2.05, 4.69) is 5.32 Å². The molecule has 1 amide bonds. The number of benzene rings is 1. The minimum Gasteiger partial charge on any atom is -0.321 e. The molecule has 0 saturated carbocycles. The van der Waals surface area contributed by atoms with E-state index >= 15 is 0 Å². The maximum atomic E-state index is 13.6. The van der Waals surface area contributed by atoms with Gasteiger partial charge in [0.2, 0.25) is 5.91 Å². The Morgan fingerprint density at radius 1 is 1.11 bits per heavy atom. The highest BCUT2D eigenvalue weighted by molar-refractivity contribution is 5.97. The molecule has 0 saturated heterocycles. The smallest absolute Gasteiger partial charge is 0.229 e. The fourth-order valence-corrected chi connectivity index (χ4v) is 1.20. The van der Waals surface area contributed by atoms with Crippen LogP contribution in [0.3, 0.4) is 0 Å². The van der Waals surface area contributed by atoms with Crippen molar-refractivity contribution in [2.45, 2.75) is 27.7 Å². The third-order valence-corrected chi connectivity index (χ3v) is 2.37. The Hall–Kier alpha value is -1.78. The van der Waals surface area contributed by atoms with E-state index in [0.29, 0.717) is 0 Å². The van der Waals surface area contributed by atoms with Crippen molar-refractivity contribution in [3.05, 3.63) is 29.3 Å². The van der Waals surface area contributed by atoms with E-state index < -0.39 is 34.4 Å². The van der Waals surface area contributed by atoms with Crippen molar-refractivity contribution in [2.24, 2.45) is 5.41 Å². The predicted molar refractivity (Wildman–Crippen MR) is 64.4 cm³/mol. The first-order valence-corrected chi connectivity index (χ1v) is 5.44. The Labute approximate surface area is 104 Å². The second-order valence-corrected chi connectivity index (χ2v) is 5.08. The number of hydrogen-bond donors (Lipinski definition) is 1. The standard InChI is InChI=1S/C13H15F2NO2/c1-7(17)8-5-9(14)11(10(15)6-8)16-12(18)13(2,3)4/h5-6H,1-4H3,(H,16,18). The molecule has 0 aliphatic rings. The Balaban J connectivity index is 3.12. The zero-order valence-electron chi connectivity index (χ0n) is 10.7. The summed E-state index contributed by atoms with van der Waals surface area (Å²) < 4.78 is 27.2. The second kappa shape index (κ2) is 4.84. The number of Topliss-reactive ketones (excluding diaryl/α,β-unsaturated/α-hetero) is 1. The van der Waals surface area contributed by atoms with Crippen molar-refractivity contribution in [3.8, 4) is 0 Å². The van der Waals surface area contributed by atoms with Crippen molar-refractivity contribution < 1.29 is 18.4 Å². The highest BCUT2D eigenvalue weighted by Crippen LogP contribution is 2.24. The van der Waals surface area contributed by atoms with Crippen LogP contribution in [-0.4, -0.2) is 11.7 Å². The van der Waals surface area contributed by atoms with Gasteiger partial charge in [0, 0.05) is 11.0 Å². The second-order valence-electron chi connectivity index (χ2n) is 5.08. The van der Waals surface area contributed by atoms with Crippen LogP contribution >= 0.6 is 0 Å². The van der Waals surface area contributed by atoms with Gasteiger partial charge in [0.05, 0.1) is 0 Å². The molecule has 0 atom stereocenters. The lowest BCUT2D eigenvalue weighted by Crippen LogP contribution is -2.28. The third-order valence-electron chi connectivity index (χ3n) is 2.37. The zero-order valence-corrected chi connectivity index (χ0v) is 10.7. The summed E-state index contributed by atoms with van der Waals surface area (Å²) in [6.07, 6.45) is 0. The molecule has 3 nitrogen and oxygen atoms in total. The molecule has 1 aromatic rings. The Kier molecular flexibility index (Phi) is 3.84. The number of nitrogens with one attached hydrogen (secondary N) is 1. The average molecular weight is 255 g/mol. The number of halogens is 2. The number of ketones is 1. The Morgan fingerprint density at radius 3 is 1.89 bits per heavy atom. The van der Waals surface area contributed by atoms with Crippen LogP contribution in [0.2, 0.25) is 0 Å². The summed E-state index contributed by atoms with van der Waals surface area (Å²) in [6.45, 7) is 6.09. The van der Waals surface area contributed by atoms with Gasteiger partial charge in [-0.1, -0.05) is 20.8 Å². The van der Waals surface area contributed by atoms with E-state index in [1.807, 2.05) is 0 Å². The minimum absolute atomic E-state index is 0.0706. The SMILES string of the molecule is CC(=O)c1cc(F)c(NC(=O)C(C)(C)C)c(F)c1. The van der Waals surface area contributed by atoms with Gasteiger partial charge in [0.15, 0.2) is 5.78 Å². The minimum atomic E-state index is -0.960. The quantitative estimate of drug-likeness (QED) is 0.825. The molecule has 1 rings (SSSR count). The van der Waals surface area contributed by atoms with E-state index in [-0.39, 0.29) is 5.56 Å². The van der Waals surface area contributed by atoms with E-state index in [1.165, 1.54) is 6.92 Å². The van der Waals surface area contributed by atoms with Crippen LogP contribution in [-0.2, 0) is 4.79 Å². The maximum absolute atomic E-state index is 13.6. The molecular weight excluding hydrogens is 240 g/mol. The average Bonchev–Trinajstić information content (AvgIpc) is 2.21. The topological polar surface area (TPSA) is 46.2 Å². The molecule has 0 radical (unpaired) electrons. The summed E-state index contributed by atoms with van der Waals surface area (Å²) in [6, 6.07) is 1.81. The van der Waals surface area contributed by atoms with E-state index in [0.717, 1.165) is 12.1 Å². The first-order valence-electron chi connectivity index (χ1n) is 5.44. The van der Waals surface area contributed by atoms with Crippen LogP contribution in [0.4, 0.5) is 14.5 Å². The first kappa shape index (κ1) is 14.3. The van der Waals surface area contributed by atoms with Gasteiger partial charge in [0.1, 0.15) is 17.3 Å². The summed E-state index contributed by atoms with van der Waals surface area (Å²) in [5, 5.41) is 2.18. The highest BCUT2D eigenvalue weighted by Gasteiger charge is 2.24. The van der Waals surface area contributed by atoms with E-state index in [1.54, 1.807) is 20.8 Å². The highest BCUT2D eigenvalue weighted by atomic mass is 19.1. The number of hydrogen-bond acceptors (Lipinski definition) is 2. The van der Waals surface area contributed by atoms with Crippen LogP contribution in [0, 0.1) is 17.0 Å². The van der Waals surface area contributed by atoms with Crippen molar-refractivity contribution in [1.29, 1.82) is 0 Å². The molecule has 0 heterocycles. The number of anilines is 1. The largest absolute Gasteiger partial charge is 0.321 e.